The minimum atomic E-state index is 0.00382. The van der Waals surface area contributed by atoms with Gasteiger partial charge in [0.15, 0.2) is 0 Å². The summed E-state index contributed by atoms with van der Waals surface area (Å²) < 4.78 is 0. The Hall–Kier alpha value is -0.550. The molecular formula is C12H20N2. The van der Waals surface area contributed by atoms with E-state index in [1.165, 1.54) is 25.7 Å². The van der Waals surface area contributed by atoms with Crippen LogP contribution in [0.25, 0.3) is 0 Å². The minimum absolute atomic E-state index is 0.00382. The average molecular weight is 192 g/mol. The Kier molecular flexibility index (Phi) is 2.78. The van der Waals surface area contributed by atoms with Crippen molar-refractivity contribution in [2.75, 3.05) is 0 Å². The predicted octanol–water partition coefficient (Wildman–Crippen LogP) is 2.31. The summed E-state index contributed by atoms with van der Waals surface area (Å²) >= 11 is 0. The normalized spacial score (nSPS) is 39.4. The molecule has 0 saturated heterocycles. The molecule has 2 nitrogen and oxygen atoms in total. The van der Waals surface area contributed by atoms with Crippen molar-refractivity contribution in [2.45, 2.75) is 51.6 Å². The lowest BCUT2D eigenvalue weighted by Gasteiger charge is -2.29. The zero-order chi connectivity index (χ0) is 10.1. The maximum absolute atomic E-state index is 8.75. The second-order valence-electron chi connectivity index (χ2n) is 5.14. The topological polar surface area (TPSA) is 35.8 Å². The third-order valence-corrected chi connectivity index (χ3v) is 4.14. The summed E-state index contributed by atoms with van der Waals surface area (Å²) in [4.78, 5) is 0. The highest BCUT2D eigenvalue weighted by Crippen LogP contribution is 2.49. The van der Waals surface area contributed by atoms with Crippen molar-refractivity contribution >= 4 is 0 Å². The summed E-state index contributed by atoms with van der Waals surface area (Å²) in [6.45, 7) is 4.20. The highest BCUT2D eigenvalue weighted by Gasteiger charge is 2.41. The predicted molar refractivity (Wildman–Crippen MR) is 56.6 cm³/mol. The van der Waals surface area contributed by atoms with Gasteiger partial charge >= 0.3 is 0 Å². The second kappa shape index (κ2) is 3.90. The van der Waals surface area contributed by atoms with Crippen molar-refractivity contribution in [3.05, 3.63) is 0 Å². The molecule has 2 rings (SSSR count). The van der Waals surface area contributed by atoms with Crippen molar-refractivity contribution in [1.82, 2.24) is 5.32 Å². The molecular weight excluding hydrogens is 172 g/mol. The zero-order valence-corrected chi connectivity index (χ0v) is 9.16. The molecule has 0 heterocycles. The van der Waals surface area contributed by atoms with Gasteiger partial charge < -0.3 is 0 Å². The number of rotatable bonds is 3. The lowest BCUT2D eigenvalue weighted by Crippen LogP contribution is -2.40. The van der Waals surface area contributed by atoms with E-state index in [0.717, 1.165) is 17.8 Å². The van der Waals surface area contributed by atoms with Crippen LogP contribution in [0.15, 0.2) is 0 Å². The highest BCUT2D eigenvalue weighted by molar-refractivity contribution is 4.96. The molecule has 78 valence electrons. The first kappa shape index (κ1) is 9.98. The van der Waals surface area contributed by atoms with Crippen LogP contribution in [-0.4, -0.2) is 12.1 Å². The number of hydrogen-bond acceptors (Lipinski definition) is 2. The largest absolute Gasteiger partial charge is 0.299 e. The molecule has 2 aliphatic carbocycles. The summed E-state index contributed by atoms with van der Waals surface area (Å²) in [5.41, 5.74) is 0. The van der Waals surface area contributed by atoms with Crippen molar-refractivity contribution in [3.63, 3.8) is 0 Å². The smallest absolute Gasteiger partial charge is 0.0926 e. The van der Waals surface area contributed by atoms with Crippen molar-refractivity contribution in [1.29, 1.82) is 5.26 Å². The maximum atomic E-state index is 8.75. The van der Waals surface area contributed by atoms with E-state index in [1.54, 1.807) is 0 Å². The molecule has 5 atom stereocenters. The number of nitriles is 1. The van der Waals surface area contributed by atoms with Gasteiger partial charge in [-0.3, -0.25) is 5.32 Å². The van der Waals surface area contributed by atoms with E-state index in [9.17, 15) is 0 Å². The van der Waals surface area contributed by atoms with E-state index >= 15 is 0 Å². The summed E-state index contributed by atoms with van der Waals surface area (Å²) in [5, 5.41) is 12.1. The van der Waals surface area contributed by atoms with Crippen molar-refractivity contribution < 1.29 is 0 Å². The summed E-state index contributed by atoms with van der Waals surface area (Å²) in [6, 6.07) is 2.78. The van der Waals surface area contributed by atoms with E-state index in [-0.39, 0.29) is 6.04 Å². The van der Waals surface area contributed by atoms with Crippen LogP contribution in [0.5, 0.6) is 0 Å². The Morgan fingerprint density at radius 1 is 1.29 bits per heavy atom. The molecule has 2 bridgehead atoms. The number of nitrogens with one attached hydrogen (secondary N) is 1. The van der Waals surface area contributed by atoms with E-state index < -0.39 is 0 Å². The van der Waals surface area contributed by atoms with E-state index in [4.69, 9.17) is 5.26 Å². The summed E-state index contributed by atoms with van der Waals surface area (Å²) in [5.74, 6) is 2.80. The average Bonchev–Trinajstić information content (AvgIpc) is 2.78. The fourth-order valence-electron chi connectivity index (χ4n) is 3.46. The molecule has 2 aliphatic rings. The Morgan fingerprint density at radius 3 is 2.57 bits per heavy atom. The van der Waals surface area contributed by atoms with Gasteiger partial charge in [0, 0.05) is 6.04 Å². The lowest BCUT2D eigenvalue weighted by atomic mass is 9.84. The van der Waals surface area contributed by atoms with Crippen LogP contribution < -0.4 is 5.32 Å². The molecule has 0 aromatic heterocycles. The van der Waals surface area contributed by atoms with Crippen LogP contribution >= 0.6 is 0 Å². The van der Waals surface area contributed by atoms with Crippen LogP contribution in [0.4, 0.5) is 0 Å². The standard InChI is InChI=1S/C12H20N2/c1-8(7-13)14-9(2)12-6-10-3-4-11(12)5-10/h8-12,14H,3-6H2,1-2H3. The molecule has 5 unspecified atom stereocenters. The van der Waals surface area contributed by atoms with Gasteiger partial charge in [-0.1, -0.05) is 6.42 Å². The fourth-order valence-corrected chi connectivity index (χ4v) is 3.46. The van der Waals surface area contributed by atoms with Gasteiger partial charge in [0.1, 0.15) is 0 Å². The zero-order valence-electron chi connectivity index (χ0n) is 9.16. The number of nitrogens with zero attached hydrogens (tertiary/aromatic N) is 1. The van der Waals surface area contributed by atoms with Gasteiger partial charge in [0.2, 0.25) is 0 Å². The third kappa shape index (κ3) is 1.79. The van der Waals surface area contributed by atoms with Gasteiger partial charge in [0.05, 0.1) is 12.1 Å². The monoisotopic (exact) mass is 192 g/mol. The van der Waals surface area contributed by atoms with E-state index in [0.29, 0.717) is 6.04 Å². The molecule has 0 aliphatic heterocycles. The highest BCUT2D eigenvalue weighted by atomic mass is 14.9. The molecule has 0 aromatic carbocycles. The molecule has 2 fully saturated rings. The van der Waals surface area contributed by atoms with Crippen LogP contribution in [-0.2, 0) is 0 Å². The quantitative estimate of drug-likeness (QED) is 0.745. The molecule has 1 N–H and O–H groups in total. The lowest BCUT2D eigenvalue weighted by molar-refractivity contribution is 0.256. The number of fused-ring (bicyclic) bond motifs is 2. The maximum Gasteiger partial charge on any atom is 0.0926 e. The Labute approximate surface area is 86.7 Å². The van der Waals surface area contributed by atoms with Crippen molar-refractivity contribution in [2.24, 2.45) is 17.8 Å². The van der Waals surface area contributed by atoms with Gasteiger partial charge in [-0.2, -0.15) is 5.26 Å². The SMILES string of the molecule is CC(C#N)NC(C)C1CC2CCC1C2. The molecule has 2 saturated carbocycles. The van der Waals surface area contributed by atoms with Crippen LogP contribution in [0.3, 0.4) is 0 Å². The number of hydrogen-bond donors (Lipinski definition) is 1. The van der Waals surface area contributed by atoms with E-state index in [2.05, 4.69) is 18.3 Å². The molecule has 2 heteroatoms. The van der Waals surface area contributed by atoms with Crippen LogP contribution in [0.2, 0.25) is 0 Å². The van der Waals surface area contributed by atoms with Gasteiger partial charge in [0.25, 0.3) is 0 Å². The molecule has 0 radical (unpaired) electrons. The fraction of sp³-hybridized carbons (Fsp3) is 0.917. The summed E-state index contributed by atoms with van der Waals surface area (Å²) in [6.07, 6.45) is 5.75. The van der Waals surface area contributed by atoms with E-state index in [1.807, 2.05) is 6.92 Å². The first-order valence-corrected chi connectivity index (χ1v) is 5.86. The molecule has 0 amide bonds. The van der Waals surface area contributed by atoms with Gasteiger partial charge in [-0.15, -0.1) is 0 Å². The van der Waals surface area contributed by atoms with Gasteiger partial charge in [-0.25, -0.2) is 0 Å². The Balaban J connectivity index is 1.87. The Morgan fingerprint density at radius 2 is 2.07 bits per heavy atom. The van der Waals surface area contributed by atoms with Crippen LogP contribution in [0.1, 0.15) is 39.5 Å². The molecule has 0 aromatic rings. The third-order valence-electron chi connectivity index (χ3n) is 4.14. The van der Waals surface area contributed by atoms with Crippen LogP contribution in [0, 0.1) is 29.1 Å². The second-order valence-corrected chi connectivity index (χ2v) is 5.14. The first-order valence-electron chi connectivity index (χ1n) is 5.86. The first-order chi connectivity index (χ1) is 6.70. The molecule has 14 heavy (non-hydrogen) atoms. The Bertz CT molecular complexity index is 243. The molecule has 0 spiro atoms. The van der Waals surface area contributed by atoms with Gasteiger partial charge in [-0.05, 0) is 50.9 Å². The minimum Gasteiger partial charge on any atom is -0.299 e. The van der Waals surface area contributed by atoms with Crippen molar-refractivity contribution in [3.8, 4) is 6.07 Å². The summed E-state index contributed by atoms with van der Waals surface area (Å²) in [7, 11) is 0.